The van der Waals surface area contributed by atoms with Crippen LogP contribution in [-0.4, -0.2) is 40.3 Å². The minimum Gasteiger partial charge on any atom is -0.467 e. The van der Waals surface area contributed by atoms with Crippen molar-refractivity contribution < 1.29 is 36.3 Å². The van der Waals surface area contributed by atoms with Crippen molar-refractivity contribution in [3.8, 4) is 22.3 Å². The van der Waals surface area contributed by atoms with Crippen molar-refractivity contribution in [2.24, 2.45) is 0 Å². The Morgan fingerprint density at radius 2 is 1.32 bits per heavy atom. The fraction of sp³-hybridized carbons (Fsp3) is 0.133. The smallest absolute Gasteiger partial charge is 0.416 e. The van der Waals surface area contributed by atoms with Gasteiger partial charge in [0.15, 0.2) is 0 Å². The molecule has 0 radical (unpaired) electrons. The molecule has 0 aliphatic heterocycles. The average Bonchev–Trinajstić information content (AvgIpc) is 2.99. The summed E-state index contributed by atoms with van der Waals surface area (Å²) in [5, 5.41) is 2.53. The van der Waals surface area contributed by atoms with Gasteiger partial charge >= 0.3 is 12.1 Å². The van der Waals surface area contributed by atoms with E-state index in [4.69, 9.17) is 4.74 Å². The number of hydrogen-bond donors (Lipinski definition) is 2. The standard InChI is InChI=1S/C30H25F3N2O5S/c1-40-29(37)27(19-35(41(38)39)26-17-13-23(14-18-26)20-5-3-2-4-6-20)34-28(36)24-9-7-21(8-10-24)22-11-15-25(16-12-22)30(31,32)33/h2-18,27H,19H2,1H3,(H,34,36)(H,38,39). The molecule has 41 heavy (non-hydrogen) atoms. The molecule has 0 heterocycles. The lowest BCUT2D eigenvalue weighted by molar-refractivity contribution is -0.142. The highest BCUT2D eigenvalue weighted by atomic mass is 32.2. The molecular formula is C30H25F3N2O5S. The highest BCUT2D eigenvalue weighted by molar-refractivity contribution is 7.80. The number of carbonyl (C=O) groups excluding carboxylic acids is 2. The Labute approximate surface area is 237 Å². The quantitative estimate of drug-likeness (QED) is 0.188. The van der Waals surface area contributed by atoms with Crippen LogP contribution < -0.4 is 9.62 Å². The van der Waals surface area contributed by atoms with Gasteiger partial charge in [0.1, 0.15) is 6.04 Å². The summed E-state index contributed by atoms with van der Waals surface area (Å²) in [5.41, 5.74) is 2.69. The van der Waals surface area contributed by atoms with E-state index < -0.39 is 40.9 Å². The molecule has 11 heteroatoms. The zero-order valence-electron chi connectivity index (χ0n) is 21.7. The predicted molar refractivity (Wildman–Crippen MR) is 150 cm³/mol. The molecule has 4 aromatic rings. The highest BCUT2D eigenvalue weighted by Crippen LogP contribution is 2.31. The average molecular weight is 583 g/mol. The van der Waals surface area contributed by atoms with E-state index in [1.165, 1.54) is 24.3 Å². The molecule has 2 unspecified atom stereocenters. The summed E-state index contributed by atoms with van der Waals surface area (Å²) in [6.07, 6.45) is -4.44. The van der Waals surface area contributed by atoms with Crippen molar-refractivity contribution in [3.63, 3.8) is 0 Å². The van der Waals surface area contributed by atoms with Gasteiger partial charge in [-0.25, -0.2) is 9.00 Å². The molecule has 212 valence electrons. The number of ether oxygens (including phenoxy) is 1. The lowest BCUT2D eigenvalue weighted by atomic mass is 10.0. The van der Waals surface area contributed by atoms with Crippen LogP contribution in [-0.2, 0) is 27.0 Å². The maximum absolute atomic E-state index is 13.0. The van der Waals surface area contributed by atoms with Crippen LogP contribution in [0.5, 0.6) is 0 Å². The van der Waals surface area contributed by atoms with Gasteiger partial charge in [-0.3, -0.25) is 13.7 Å². The summed E-state index contributed by atoms with van der Waals surface area (Å²) in [6, 6.07) is 25.7. The Balaban J connectivity index is 1.48. The Morgan fingerprint density at radius 1 is 0.829 bits per heavy atom. The summed E-state index contributed by atoms with van der Waals surface area (Å²) >= 11 is -2.53. The number of hydrogen-bond acceptors (Lipinski definition) is 4. The van der Waals surface area contributed by atoms with Crippen molar-refractivity contribution in [1.82, 2.24) is 5.32 Å². The van der Waals surface area contributed by atoms with Crippen LogP contribution in [0.4, 0.5) is 18.9 Å². The minimum absolute atomic E-state index is 0.165. The van der Waals surface area contributed by atoms with Gasteiger partial charge in [-0.15, -0.1) is 0 Å². The van der Waals surface area contributed by atoms with E-state index in [1.54, 1.807) is 36.4 Å². The Morgan fingerprint density at radius 3 is 1.80 bits per heavy atom. The first-order valence-corrected chi connectivity index (χ1v) is 13.3. The van der Waals surface area contributed by atoms with Gasteiger partial charge in [-0.1, -0.05) is 66.7 Å². The number of esters is 1. The molecule has 0 fully saturated rings. The zero-order valence-corrected chi connectivity index (χ0v) is 22.5. The minimum atomic E-state index is -4.44. The number of amides is 1. The molecule has 2 atom stereocenters. The lowest BCUT2D eigenvalue weighted by Gasteiger charge is -2.25. The highest BCUT2D eigenvalue weighted by Gasteiger charge is 2.30. The molecule has 0 aliphatic rings. The number of nitrogens with one attached hydrogen (secondary N) is 1. The van der Waals surface area contributed by atoms with Gasteiger partial charge in [0, 0.05) is 5.56 Å². The number of nitrogens with zero attached hydrogens (tertiary/aromatic N) is 1. The molecule has 1 amide bonds. The Kier molecular flexibility index (Phi) is 9.21. The number of anilines is 1. The van der Waals surface area contributed by atoms with Gasteiger partial charge in [-0.2, -0.15) is 13.2 Å². The van der Waals surface area contributed by atoms with Crippen LogP contribution in [0.2, 0.25) is 0 Å². The molecule has 4 aromatic carbocycles. The first-order valence-electron chi connectivity index (χ1n) is 12.3. The number of carbonyl (C=O) groups is 2. The van der Waals surface area contributed by atoms with E-state index >= 15 is 0 Å². The third-order valence-electron chi connectivity index (χ3n) is 6.28. The van der Waals surface area contributed by atoms with Gasteiger partial charge in [0.2, 0.25) is 0 Å². The second-order valence-electron chi connectivity index (χ2n) is 8.91. The van der Waals surface area contributed by atoms with E-state index in [9.17, 15) is 31.5 Å². The Bertz CT molecular complexity index is 1510. The van der Waals surface area contributed by atoms with Crippen molar-refractivity contribution in [2.45, 2.75) is 12.2 Å². The number of benzene rings is 4. The summed E-state index contributed by atoms with van der Waals surface area (Å²) < 4.78 is 66.6. The number of methoxy groups -OCH3 is 1. The molecule has 0 aromatic heterocycles. The topological polar surface area (TPSA) is 95.9 Å². The molecule has 2 N–H and O–H groups in total. The molecule has 0 saturated carbocycles. The summed E-state index contributed by atoms with van der Waals surface area (Å²) in [5.74, 6) is -1.47. The van der Waals surface area contributed by atoms with Crippen molar-refractivity contribution in [3.05, 3.63) is 114 Å². The van der Waals surface area contributed by atoms with E-state index in [1.807, 2.05) is 30.3 Å². The monoisotopic (exact) mass is 582 g/mol. The number of rotatable bonds is 9. The first-order chi connectivity index (χ1) is 19.6. The predicted octanol–water partition coefficient (Wildman–Crippen LogP) is 5.95. The van der Waals surface area contributed by atoms with Crippen LogP contribution in [0.3, 0.4) is 0 Å². The Hall–Kier alpha value is -4.48. The molecule has 0 saturated heterocycles. The van der Waals surface area contributed by atoms with Crippen LogP contribution in [0, 0.1) is 0 Å². The molecule has 0 spiro atoms. The third kappa shape index (κ3) is 7.38. The first kappa shape index (κ1) is 29.5. The van der Waals surface area contributed by atoms with E-state index in [0.29, 0.717) is 16.8 Å². The number of alkyl halides is 3. The molecule has 0 bridgehead atoms. The normalized spacial score (nSPS) is 12.7. The van der Waals surface area contributed by atoms with E-state index in [0.717, 1.165) is 34.7 Å². The van der Waals surface area contributed by atoms with Gasteiger partial charge < -0.3 is 10.1 Å². The summed E-state index contributed by atoms with van der Waals surface area (Å²) in [7, 11) is 1.13. The van der Waals surface area contributed by atoms with Crippen molar-refractivity contribution in [1.29, 1.82) is 0 Å². The van der Waals surface area contributed by atoms with Crippen LogP contribution in [0.1, 0.15) is 15.9 Å². The number of halogens is 3. The fourth-order valence-corrected chi connectivity index (χ4v) is 4.68. The van der Waals surface area contributed by atoms with E-state index in [-0.39, 0.29) is 12.1 Å². The molecule has 7 nitrogen and oxygen atoms in total. The molecule has 4 rings (SSSR count). The van der Waals surface area contributed by atoms with E-state index in [2.05, 4.69) is 5.32 Å². The summed E-state index contributed by atoms with van der Waals surface area (Å²) in [4.78, 5) is 25.5. The maximum Gasteiger partial charge on any atom is 0.416 e. The zero-order chi connectivity index (χ0) is 29.6. The maximum atomic E-state index is 13.0. The van der Waals surface area contributed by atoms with Crippen LogP contribution >= 0.6 is 0 Å². The van der Waals surface area contributed by atoms with Crippen molar-refractivity contribution in [2.75, 3.05) is 18.0 Å². The fourth-order valence-electron chi connectivity index (χ4n) is 4.10. The van der Waals surface area contributed by atoms with Crippen LogP contribution in [0.25, 0.3) is 22.3 Å². The van der Waals surface area contributed by atoms with Crippen molar-refractivity contribution >= 4 is 28.8 Å². The largest absolute Gasteiger partial charge is 0.467 e. The van der Waals surface area contributed by atoms with Gasteiger partial charge in [-0.05, 0) is 58.7 Å². The van der Waals surface area contributed by atoms with Gasteiger partial charge in [0.25, 0.3) is 17.2 Å². The lowest BCUT2D eigenvalue weighted by Crippen LogP contribution is -2.49. The molecular weight excluding hydrogens is 557 g/mol. The summed E-state index contributed by atoms with van der Waals surface area (Å²) in [6.45, 7) is -0.365. The molecule has 0 aliphatic carbocycles. The van der Waals surface area contributed by atoms with Crippen LogP contribution in [0.15, 0.2) is 103 Å². The SMILES string of the molecule is COC(=O)C(CN(c1ccc(-c2ccccc2)cc1)S(=O)O)NC(=O)c1ccc(-c2ccc(C(F)(F)F)cc2)cc1. The second kappa shape index (κ2) is 12.8. The van der Waals surface area contributed by atoms with Gasteiger partial charge in [0.05, 0.1) is 24.9 Å². The third-order valence-corrected chi connectivity index (χ3v) is 7.02. The second-order valence-corrected chi connectivity index (χ2v) is 9.81.